The maximum Gasteiger partial charge on any atom is 0.217 e. The van der Waals surface area contributed by atoms with Crippen molar-refractivity contribution in [2.75, 3.05) is 18.0 Å². The van der Waals surface area contributed by atoms with Crippen molar-refractivity contribution in [2.45, 2.75) is 38.8 Å². The molecule has 1 aliphatic rings. The molecule has 0 aliphatic carbocycles. The number of carbonyl (C=O) groups is 1. The molecule has 5 nitrogen and oxygen atoms in total. The molecular weight excluding hydrogens is 242 g/mol. The minimum atomic E-state index is -0.517. The molecule has 1 saturated heterocycles. The van der Waals surface area contributed by atoms with Gasteiger partial charge in [-0.25, -0.2) is 4.98 Å². The number of pyridine rings is 1. The van der Waals surface area contributed by atoms with Crippen LogP contribution in [-0.2, 0) is 4.79 Å². The average molecular weight is 263 g/mol. The molecule has 0 aromatic carbocycles. The molecule has 1 fully saturated rings. The van der Waals surface area contributed by atoms with Crippen LogP contribution < -0.4 is 10.2 Å². The number of rotatable bonds is 3. The molecule has 0 saturated carbocycles. The number of amides is 1. The number of hydrogen-bond acceptors (Lipinski definition) is 4. The number of nitrogens with zero attached hydrogens (tertiary/aromatic N) is 2. The van der Waals surface area contributed by atoms with Gasteiger partial charge in [-0.05, 0) is 25.8 Å². The SMILES string of the molecule is CC(=O)NC1CCN(c2ncccc2[C@@H](C)O)CC1. The summed E-state index contributed by atoms with van der Waals surface area (Å²) in [6.07, 6.45) is 3.06. The first kappa shape index (κ1) is 13.8. The van der Waals surface area contributed by atoms with Crippen molar-refractivity contribution < 1.29 is 9.90 Å². The molecule has 2 rings (SSSR count). The van der Waals surface area contributed by atoms with Crippen molar-refractivity contribution in [1.29, 1.82) is 0 Å². The molecule has 2 heterocycles. The van der Waals surface area contributed by atoms with Crippen LogP contribution in [0, 0.1) is 0 Å². The van der Waals surface area contributed by atoms with Gasteiger partial charge in [-0.1, -0.05) is 6.07 Å². The highest BCUT2D eigenvalue weighted by atomic mass is 16.3. The third-order valence-electron chi connectivity index (χ3n) is 3.47. The molecule has 1 atom stereocenters. The first-order valence-electron chi connectivity index (χ1n) is 6.73. The van der Waals surface area contributed by atoms with Crippen LogP contribution in [0.3, 0.4) is 0 Å². The van der Waals surface area contributed by atoms with Gasteiger partial charge in [0.1, 0.15) is 5.82 Å². The standard InChI is InChI=1S/C14H21N3O2/c1-10(18)13-4-3-7-15-14(13)17-8-5-12(6-9-17)16-11(2)19/h3-4,7,10,12,18H,5-6,8-9H2,1-2H3,(H,16,19)/t10-/m1/s1. The number of nitrogens with one attached hydrogen (secondary N) is 1. The Morgan fingerprint density at radius 2 is 2.21 bits per heavy atom. The van der Waals surface area contributed by atoms with Crippen LogP contribution >= 0.6 is 0 Å². The second kappa shape index (κ2) is 6.02. The monoisotopic (exact) mass is 263 g/mol. The van der Waals surface area contributed by atoms with Crippen LogP contribution in [0.5, 0.6) is 0 Å². The number of aliphatic hydroxyl groups is 1. The highest BCUT2D eigenvalue weighted by molar-refractivity contribution is 5.73. The number of aliphatic hydroxyl groups excluding tert-OH is 1. The number of anilines is 1. The van der Waals surface area contributed by atoms with E-state index in [-0.39, 0.29) is 11.9 Å². The van der Waals surface area contributed by atoms with Crippen molar-refractivity contribution in [1.82, 2.24) is 10.3 Å². The van der Waals surface area contributed by atoms with Gasteiger partial charge < -0.3 is 15.3 Å². The lowest BCUT2D eigenvalue weighted by Crippen LogP contribution is -2.44. The van der Waals surface area contributed by atoms with Gasteiger partial charge in [0.05, 0.1) is 6.10 Å². The molecule has 1 aromatic heterocycles. The Labute approximate surface area is 113 Å². The lowest BCUT2D eigenvalue weighted by Gasteiger charge is -2.34. The van der Waals surface area contributed by atoms with Gasteiger partial charge in [-0.3, -0.25) is 4.79 Å². The number of piperidine rings is 1. The molecule has 1 aliphatic heterocycles. The fraction of sp³-hybridized carbons (Fsp3) is 0.571. The smallest absolute Gasteiger partial charge is 0.217 e. The van der Waals surface area contributed by atoms with Crippen molar-refractivity contribution in [3.8, 4) is 0 Å². The van der Waals surface area contributed by atoms with E-state index >= 15 is 0 Å². The van der Waals surface area contributed by atoms with Gasteiger partial charge in [0.15, 0.2) is 0 Å². The minimum Gasteiger partial charge on any atom is -0.389 e. The number of hydrogen-bond donors (Lipinski definition) is 2. The third kappa shape index (κ3) is 3.44. The summed E-state index contributed by atoms with van der Waals surface area (Å²) in [7, 11) is 0. The first-order valence-corrected chi connectivity index (χ1v) is 6.73. The molecule has 0 bridgehead atoms. The zero-order valence-electron chi connectivity index (χ0n) is 11.5. The molecule has 0 unspecified atom stereocenters. The van der Waals surface area contributed by atoms with Gasteiger partial charge in [-0.15, -0.1) is 0 Å². The van der Waals surface area contributed by atoms with Crippen LogP contribution in [0.15, 0.2) is 18.3 Å². The molecule has 104 valence electrons. The summed E-state index contributed by atoms with van der Waals surface area (Å²) in [5.74, 6) is 0.889. The van der Waals surface area contributed by atoms with Gasteiger partial charge in [0.2, 0.25) is 5.91 Å². The predicted octanol–water partition coefficient (Wildman–Crippen LogP) is 1.24. The van der Waals surface area contributed by atoms with Gasteiger partial charge in [0, 0.05) is 37.8 Å². The Hall–Kier alpha value is -1.62. The quantitative estimate of drug-likeness (QED) is 0.861. The maximum absolute atomic E-state index is 11.0. The Balaban J connectivity index is 2.03. The van der Waals surface area contributed by atoms with Crippen molar-refractivity contribution in [2.24, 2.45) is 0 Å². The molecule has 1 amide bonds. The molecule has 19 heavy (non-hydrogen) atoms. The highest BCUT2D eigenvalue weighted by Gasteiger charge is 2.23. The van der Waals surface area contributed by atoms with E-state index in [4.69, 9.17) is 0 Å². The van der Waals surface area contributed by atoms with E-state index in [0.717, 1.165) is 37.3 Å². The molecular formula is C14H21N3O2. The molecule has 1 aromatic rings. The van der Waals surface area contributed by atoms with E-state index in [1.165, 1.54) is 0 Å². The van der Waals surface area contributed by atoms with E-state index in [2.05, 4.69) is 15.2 Å². The summed E-state index contributed by atoms with van der Waals surface area (Å²) < 4.78 is 0. The molecule has 2 N–H and O–H groups in total. The van der Waals surface area contributed by atoms with Crippen LogP contribution in [-0.4, -0.2) is 35.1 Å². The van der Waals surface area contributed by atoms with E-state index in [1.807, 2.05) is 12.1 Å². The summed E-state index contributed by atoms with van der Waals surface area (Å²) in [5, 5.41) is 12.7. The zero-order valence-corrected chi connectivity index (χ0v) is 11.5. The lowest BCUT2D eigenvalue weighted by molar-refractivity contribution is -0.119. The van der Waals surface area contributed by atoms with Gasteiger partial charge in [-0.2, -0.15) is 0 Å². The van der Waals surface area contributed by atoms with Crippen molar-refractivity contribution in [3.63, 3.8) is 0 Å². The van der Waals surface area contributed by atoms with Crippen LogP contribution in [0.4, 0.5) is 5.82 Å². The van der Waals surface area contributed by atoms with Crippen molar-refractivity contribution >= 4 is 11.7 Å². The predicted molar refractivity (Wildman–Crippen MR) is 73.9 cm³/mol. The fourth-order valence-electron chi connectivity index (χ4n) is 2.52. The maximum atomic E-state index is 11.0. The lowest BCUT2D eigenvalue weighted by atomic mass is 10.0. The van der Waals surface area contributed by atoms with Crippen LogP contribution in [0.25, 0.3) is 0 Å². The Bertz CT molecular complexity index is 440. The second-order valence-electron chi connectivity index (χ2n) is 5.05. The minimum absolute atomic E-state index is 0.0287. The largest absolute Gasteiger partial charge is 0.389 e. The second-order valence-corrected chi connectivity index (χ2v) is 5.05. The Morgan fingerprint density at radius 1 is 1.53 bits per heavy atom. The topological polar surface area (TPSA) is 65.5 Å². The van der Waals surface area contributed by atoms with E-state index in [1.54, 1.807) is 20.0 Å². The summed E-state index contributed by atoms with van der Waals surface area (Å²) in [6.45, 7) is 5.00. The normalized spacial score (nSPS) is 18.2. The average Bonchev–Trinajstić information content (AvgIpc) is 2.39. The summed E-state index contributed by atoms with van der Waals surface area (Å²) in [5.41, 5.74) is 0.862. The molecule has 0 radical (unpaired) electrons. The number of aromatic nitrogens is 1. The van der Waals surface area contributed by atoms with Gasteiger partial charge >= 0.3 is 0 Å². The summed E-state index contributed by atoms with van der Waals surface area (Å²) in [6, 6.07) is 4.01. The molecule has 0 spiro atoms. The highest BCUT2D eigenvalue weighted by Crippen LogP contribution is 2.26. The summed E-state index contributed by atoms with van der Waals surface area (Å²) in [4.78, 5) is 17.6. The number of carbonyl (C=O) groups excluding carboxylic acids is 1. The van der Waals surface area contributed by atoms with Crippen molar-refractivity contribution in [3.05, 3.63) is 23.9 Å². The van der Waals surface area contributed by atoms with Crippen LogP contribution in [0.2, 0.25) is 0 Å². The fourth-order valence-corrected chi connectivity index (χ4v) is 2.52. The van der Waals surface area contributed by atoms with E-state index in [0.29, 0.717) is 0 Å². The Kier molecular flexibility index (Phi) is 4.37. The Morgan fingerprint density at radius 3 is 2.79 bits per heavy atom. The van der Waals surface area contributed by atoms with Gasteiger partial charge in [0.25, 0.3) is 0 Å². The zero-order chi connectivity index (χ0) is 13.8. The summed E-state index contributed by atoms with van der Waals surface area (Å²) >= 11 is 0. The first-order chi connectivity index (χ1) is 9.08. The van der Waals surface area contributed by atoms with Crippen LogP contribution in [0.1, 0.15) is 38.4 Å². The third-order valence-corrected chi connectivity index (χ3v) is 3.47. The molecule has 5 heteroatoms. The van der Waals surface area contributed by atoms with E-state index in [9.17, 15) is 9.90 Å². The van der Waals surface area contributed by atoms with E-state index < -0.39 is 6.10 Å².